The largest absolute Gasteiger partial charge is 0.478 e. The van der Waals surface area contributed by atoms with E-state index in [4.69, 9.17) is 5.11 Å². The molecule has 0 aliphatic rings. The number of hydrogen-bond acceptors (Lipinski definition) is 1. The molecule has 0 fully saturated rings. The van der Waals surface area contributed by atoms with Crippen molar-refractivity contribution in [3.63, 3.8) is 0 Å². The van der Waals surface area contributed by atoms with Gasteiger partial charge in [-0.3, -0.25) is 0 Å². The Morgan fingerprint density at radius 3 is 2.00 bits per heavy atom. The molecule has 0 amide bonds. The fourth-order valence-electron chi connectivity index (χ4n) is 0. The standard InChI is InChI=1S/C3H4O2.Mn/c1-2-3(4)5;/h2H,1H2,(H,4,5);. The molecule has 35 valence electrons. The van der Waals surface area contributed by atoms with Crippen molar-refractivity contribution in [1.82, 2.24) is 0 Å². The Morgan fingerprint density at radius 2 is 2.00 bits per heavy atom. The van der Waals surface area contributed by atoms with E-state index in [9.17, 15) is 4.79 Å². The summed E-state index contributed by atoms with van der Waals surface area (Å²) in [5.41, 5.74) is 0. The van der Waals surface area contributed by atoms with Crippen molar-refractivity contribution in [2.75, 3.05) is 0 Å². The van der Waals surface area contributed by atoms with Gasteiger partial charge in [-0.2, -0.15) is 0 Å². The van der Waals surface area contributed by atoms with Gasteiger partial charge < -0.3 is 5.11 Å². The molecule has 0 rings (SSSR count). The van der Waals surface area contributed by atoms with Gasteiger partial charge in [0.1, 0.15) is 0 Å². The van der Waals surface area contributed by atoms with E-state index < -0.39 is 5.97 Å². The van der Waals surface area contributed by atoms with Gasteiger partial charge in [0.25, 0.3) is 0 Å². The summed E-state index contributed by atoms with van der Waals surface area (Å²) >= 11 is 0. The summed E-state index contributed by atoms with van der Waals surface area (Å²) < 4.78 is 0. The molecule has 0 heterocycles. The van der Waals surface area contributed by atoms with Gasteiger partial charge in [0.15, 0.2) is 0 Å². The van der Waals surface area contributed by atoms with Gasteiger partial charge in [0.2, 0.25) is 0 Å². The van der Waals surface area contributed by atoms with Gasteiger partial charge in [-0.15, -0.1) is 0 Å². The molecular weight excluding hydrogens is 123 g/mol. The van der Waals surface area contributed by atoms with Crippen molar-refractivity contribution in [1.29, 1.82) is 0 Å². The second-order valence-electron chi connectivity index (χ2n) is 0.542. The molecule has 1 radical (unpaired) electrons. The summed E-state index contributed by atoms with van der Waals surface area (Å²) in [4.78, 5) is 9.25. The minimum atomic E-state index is -0.981. The van der Waals surface area contributed by atoms with Gasteiger partial charge >= 0.3 is 5.97 Å². The molecule has 0 spiro atoms. The van der Waals surface area contributed by atoms with Crippen LogP contribution in [0.25, 0.3) is 0 Å². The number of carboxylic acid groups (broad SMARTS) is 1. The van der Waals surface area contributed by atoms with Crippen LogP contribution in [-0.4, -0.2) is 11.1 Å². The van der Waals surface area contributed by atoms with Gasteiger partial charge in [0, 0.05) is 23.1 Å². The van der Waals surface area contributed by atoms with E-state index in [1.807, 2.05) is 0 Å². The van der Waals surface area contributed by atoms with Gasteiger partial charge in [0.05, 0.1) is 0 Å². The van der Waals surface area contributed by atoms with Crippen LogP contribution in [0.5, 0.6) is 0 Å². The topological polar surface area (TPSA) is 37.3 Å². The molecule has 3 heteroatoms. The Balaban J connectivity index is 0. The Hall–Kier alpha value is -0.271. The van der Waals surface area contributed by atoms with E-state index in [1.165, 1.54) is 0 Å². The predicted octanol–water partition coefficient (Wildman–Crippen LogP) is 0.254. The summed E-state index contributed by atoms with van der Waals surface area (Å²) in [5, 5.41) is 7.60. The Labute approximate surface area is 46.3 Å². The first-order valence-corrected chi connectivity index (χ1v) is 1.12. The molecule has 0 aromatic heterocycles. The molecule has 1 N–H and O–H groups in total. The summed E-state index contributed by atoms with van der Waals surface area (Å²) in [6.07, 6.45) is 0.833. The third kappa shape index (κ3) is 9.29. The quantitative estimate of drug-likeness (QED) is 0.405. The monoisotopic (exact) mass is 127 g/mol. The molecular formula is C3H4MnO2. The molecule has 0 atom stereocenters. The normalized spacial score (nSPS) is 5.33. The maximum Gasteiger partial charge on any atom is 0.327 e. The Morgan fingerprint density at radius 1 is 1.83 bits per heavy atom. The van der Waals surface area contributed by atoms with Crippen LogP contribution in [0.2, 0.25) is 0 Å². The van der Waals surface area contributed by atoms with Crippen molar-refractivity contribution >= 4 is 5.97 Å². The number of rotatable bonds is 1. The van der Waals surface area contributed by atoms with E-state index in [-0.39, 0.29) is 17.1 Å². The van der Waals surface area contributed by atoms with E-state index in [0.29, 0.717) is 0 Å². The zero-order chi connectivity index (χ0) is 4.28. The number of hydrogen-bond donors (Lipinski definition) is 1. The van der Waals surface area contributed by atoms with Crippen molar-refractivity contribution in [3.05, 3.63) is 12.7 Å². The van der Waals surface area contributed by atoms with Crippen LogP contribution < -0.4 is 0 Å². The average Bonchev–Trinajstić information content (AvgIpc) is 1.38. The van der Waals surface area contributed by atoms with E-state index in [2.05, 4.69) is 6.58 Å². The van der Waals surface area contributed by atoms with Crippen LogP contribution >= 0.6 is 0 Å². The summed E-state index contributed by atoms with van der Waals surface area (Å²) in [7, 11) is 0. The number of carbonyl (C=O) groups is 1. The molecule has 0 aromatic carbocycles. The van der Waals surface area contributed by atoms with Crippen molar-refractivity contribution in [3.8, 4) is 0 Å². The minimum absolute atomic E-state index is 0. The first kappa shape index (κ1) is 9.21. The van der Waals surface area contributed by atoms with Gasteiger partial charge in [-0.05, 0) is 0 Å². The molecule has 0 bridgehead atoms. The fraction of sp³-hybridized carbons (Fsp3) is 0. The van der Waals surface area contributed by atoms with E-state index in [0.717, 1.165) is 6.08 Å². The maximum absolute atomic E-state index is 9.25. The van der Waals surface area contributed by atoms with Crippen LogP contribution in [0.3, 0.4) is 0 Å². The first-order valence-electron chi connectivity index (χ1n) is 1.12. The zero-order valence-electron chi connectivity index (χ0n) is 3.02. The first-order chi connectivity index (χ1) is 2.27. The molecule has 6 heavy (non-hydrogen) atoms. The van der Waals surface area contributed by atoms with E-state index >= 15 is 0 Å². The van der Waals surface area contributed by atoms with E-state index in [1.54, 1.807) is 0 Å². The van der Waals surface area contributed by atoms with Crippen molar-refractivity contribution < 1.29 is 27.0 Å². The molecule has 0 aromatic rings. The number of aliphatic carboxylic acids is 1. The summed E-state index contributed by atoms with van der Waals surface area (Å²) in [6.45, 7) is 2.96. The Bertz CT molecular complexity index is 59.8. The Kier molecular flexibility index (Phi) is 7.26. The predicted molar refractivity (Wildman–Crippen MR) is 17.8 cm³/mol. The van der Waals surface area contributed by atoms with Crippen LogP contribution in [0.4, 0.5) is 0 Å². The molecule has 0 saturated heterocycles. The van der Waals surface area contributed by atoms with Gasteiger partial charge in [-0.1, -0.05) is 6.58 Å². The fourth-order valence-corrected chi connectivity index (χ4v) is 0. The molecule has 0 unspecified atom stereocenters. The average molecular weight is 127 g/mol. The van der Waals surface area contributed by atoms with Crippen LogP contribution in [-0.2, 0) is 21.9 Å². The van der Waals surface area contributed by atoms with Crippen LogP contribution in [0.15, 0.2) is 12.7 Å². The summed E-state index contributed by atoms with van der Waals surface area (Å²) in [5.74, 6) is -0.981. The zero-order valence-corrected chi connectivity index (χ0v) is 4.20. The van der Waals surface area contributed by atoms with Crippen molar-refractivity contribution in [2.45, 2.75) is 0 Å². The third-order valence-electron chi connectivity index (χ3n) is 0.175. The second-order valence-corrected chi connectivity index (χ2v) is 0.542. The molecule has 2 nitrogen and oxygen atoms in total. The molecule has 0 saturated carbocycles. The van der Waals surface area contributed by atoms with Crippen LogP contribution in [0, 0.1) is 0 Å². The second kappa shape index (κ2) is 4.73. The smallest absolute Gasteiger partial charge is 0.327 e. The third-order valence-corrected chi connectivity index (χ3v) is 0.175. The summed E-state index contributed by atoms with van der Waals surface area (Å²) in [6, 6.07) is 0. The van der Waals surface area contributed by atoms with Crippen LogP contribution in [0.1, 0.15) is 0 Å². The maximum atomic E-state index is 9.25. The minimum Gasteiger partial charge on any atom is -0.478 e. The SMILES string of the molecule is C=CC(=O)O.[Mn]. The van der Waals surface area contributed by atoms with Gasteiger partial charge in [-0.25, -0.2) is 4.79 Å². The van der Waals surface area contributed by atoms with Crippen molar-refractivity contribution in [2.24, 2.45) is 0 Å². The molecule has 0 aliphatic heterocycles. The number of carboxylic acids is 1. The molecule has 0 aliphatic carbocycles.